The van der Waals surface area contributed by atoms with Crippen molar-refractivity contribution in [3.8, 4) is 0 Å². The Morgan fingerprint density at radius 2 is 2.33 bits per heavy atom. The molecule has 1 aliphatic rings. The zero-order valence-electron chi connectivity index (χ0n) is 11.8. The van der Waals surface area contributed by atoms with E-state index in [9.17, 15) is 4.79 Å². The van der Waals surface area contributed by atoms with Gasteiger partial charge in [0, 0.05) is 22.6 Å². The SMILES string of the molecule is CC(Cl)c1nc2cc(I)ccc2n1CCC(=O)NC1CC1. The van der Waals surface area contributed by atoms with Gasteiger partial charge in [-0.3, -0.25) is 4.79 Å². The molecule has 1 N–H and O–H groups in total. The number of aryl methyl sites for hydroxylation is 1. The number of rotatable bonds is 5. The highest BCUT2D eigenvalue weighted by Crippen LogP contribution is 2.26. The van der Waals surface area contributed by atoms with Gasteiger partial charge in [-0.05, 0) is 60.6 Å². The van der Waals surface area contributed by atoms with Gasteiger partial charge >= 0.3 is 0 Å². The fourth-order valence-corrected chi connectivity index (χ4v) is 3.04. The van der Waals surface area contributed by atoms with Gasteiger partial charge < -0.3 is 9.88 Å². The Kier molecular flexibility index (Phi) is 4.40. The Balaban J connectivity index is 1.84. The number of hydrogen-bond donors (Lipinski definition) is 1. The number of nitrogens with one attached hydrogen (secondary N) is 1. The van der Waals surface area contributed by atoms with Crippen LogP contribution >= 0.6 is 34.2 Å². The van der Waals surface area contributed by atoms with E-state index < -0.39 is 0 Å². The monoisotopic (exact) mass is 417 g/mol. The third-order valence-corrected chi connectivity index (χ3v) is 4.47. The second kappa shape index (κ2) is 6.12. The van der Waals surface area contributed by atoms with Crippen molar-refractivity contribution in [1.82, 2.24) is 14.9 Å². The van der Waals surface area contributed by atoms with E-state index in [1.165, 1.54) is 0 Å². The minimum absolute atomic E-state index is 0.109. The number of fused-ring (bicyclic) bond motifs is 1. The summed E-state index contributed by atoms with van der Waals surface area (Å²) in [5.41, 5.74) is 1.98. The van der Waals surface area contributed by atoms with Gasteiger partial charge in [0.2, 0.25) is 5.91 Å². The molecule has 112 valence electrons. The van der Waals surface area contributed by atoms with Crippen molar-refractivity contribution in [3.63, 3.8) is 0 Å². The van der Waals surface area contributed by atoms with Gasteiger partial charge in [0.1, 0.15) is 5.82 Å². The van der Waals surface area contributed by atoms with Gasteiger partial charge in [-0.1, -0.05) is 0 Å². The first kappa shape index (κ1) is 15.1. The summed E-state index contributed by atoms with van der Waals surface area (Å²) in [5.74, 6) is 0.936. The van der Waals surface area contributed by atoms with Crippen molar-refractivity contribution in [2.75, 3.05) is 0 Å². The van der Waals surface area contributed by atoms with Crippen molar-refractivity contribution >= 4 is 51.1 Å². The summed E-state index contributed by atoms with van der Waals surface area (Å²) >= 11 is 8.52. The number of imidazole rings is 1. The molecule has 0 saturated heterocycles. The van der Waals surface area contributed by atoms with Crippen LogP contribution in [0.15, 0.2) is 18.2 Å². The van der Waals surface area contributed by atoms with Gasteiger partial charge in [0.15, 0.2) is 0 Å². The number of benzene rings is 1. The predicted molar refractivity (Wildman–Crippen MR) is 92.5 cm³/mol. The highest BCUT2D eigenvalue weighted by atomic mass is 127. The summed E-state index contributed by atoms with van der Waals surface area (Å²) in [6.07, 6.45) is 2.69. The second-order valence-corrected chi connectivity index (χ2v) is 7.36. The van der Waals surface area contributed by atoms with Crippen molar-refractivity contribution in [3.05, 3.63) is 27.6 Å². The lowest BCUT2D eigenvalue weighted by atomic mass is 10.3. The number of hydrogen-bond acceptors (Lipinski definition) is 2. The van der Waals surface area contributed by atoms with E-state index in [-0.39, 0.29) is 11.3 Å². The molecule has 0 radical (unpaired) electrons. The molecular formula is C15H17ClIN3O. The summed E-state index contributed by atoms with van der Waals surface area (Å²) in [5, 5.41) is 2.84. The first-order valence-corrected chi connectivity index (χ1v) is 8.65. The molecule has 1 fully saturated rings. The third-order valence-electron chi connectivity index (χ3n) is 3.60. The summed E-state index contributed by atoms with van der Waals surface area (Å²) < 4.78 is 3.21. The third kappa shape index (κ3) is 3.51. The van der Waals surface area contributed by atoms with Crippen LogP contribution in [0, 0.1) is 3.57 Å². The van der Waals surface area contributed by atoms with Crippen LogP contribution in [-0.4, -0.2) is 21.5 Å². The van der Waals surface area contributed by atoms with Crippen molar-refractivity contribution in [1.29, 1.82) is 0 Å². The lowest BCUT2D eigenvalue weighted by Crippen LogP contribution is -2.26. The van der Waals surface area contributed by atoms with E-state index in [0.717, 1.165) is 33.3 Å². The maximum Gasteiger partial charge on any atom is 0.222 e. The summed E-state index contributed by atoms with van der Waals surface area (Å²) in [7, 11) is 0. The van der Waals surface area contributed by atoms with Crippen molar-refractivity contribution in [2.24, 2.45) is 0 Å². The molecule has 21 heavy (non-hydrogen) atoms. The Morgan fingerprint density at radius 1 is 1.57 bits per heavy atom. The number of carbonyl (C=O) groups is 1. The molecule has 1 aromatic heterocycles. The minimum Gasteiger partial charge on any atom is -0.353 e. The van der Waals surface area contributed by atoms with Crippen molar-refractivity contribution in [2.45, 2.75) is 44.1 Å². The van der Waals surface area contributed by atoms with E-state index >= 15 is 0 Å². The summed E-state index contributed by atoms with van der Waals surface area (Å²) in [4.78, 5) is 16.5. The molecule has 3 rings (SSSR count). The van der Waals surface area contributed by atoms with Crippen LogP contribution in [0.2, 0.25) is 0 Å². The number of halogens is 2. The van der Waals surface area contributed by atoms with Gasteiger partial charge in [-0.25, -0.2) is 4.98 Å². The molecule has 1 saturated carbocycles. The van der Waals surface area contributed by atoms with Crippen LogP contribution in [0.1, 0.15) is 37.4 Å². The topological polar surface area (TPSA) is 46.9 Å². The molecule has 0 spiro atoms. The number of amides is 1. The standard InChI is InChI=1S/C15H17ClIN3O/c1-9(16)15-19-12-8-10(17)2-5-13(12)20(15)7-6-14(21)18-11-3-4-11/h2,5,8-9,11H,3-4,6-7H2,1H3,(H,18,21). The van der Waals surface area contributed by atoms with E-state index in [1.807, 2.05) is 25.1 Å². The molecule has 1 aromatic carbocycles. The smallest absolute Gasteiger partial charge is 0.222 e. The minimum atomic E-state index is -0.179. The molecule has 0 aliphatic heterocycles. The maximum absolute atomic E-state index is 11.9. The highest BCUT2D eigenvalue weighted by molar-refractivity contribution is 14.1. The second-order valence-electron chi connectivity index (χ2n) is 5.46. The molecule has 1 atom stereocenters. The largest absolute Gasteiger partial charge is 0.353 e. The molecule has 1 amide bonds. The van der Waals surface area contributed by atoms with Gasteiger partial charge in [0.25, 0.3) is 0 Å². The zero-order chi connectivity index (χ0) is 15.0. The Morgan fingerprint density at radius 3 is 3.00 bits per heavy atom. The van der Waals surface area contributed by atoms with Crippen LogP contribution in [0.3, 0.4) is 0 Å². The average molecular weight is 418 g/mol. The Bertz CT molecular complexity index is 679. The first-order valence-electron chi connectivity index (χ1n) is 7.13. The number of carbonyl (C=O) groups excluding carboxylic acids is 1. The lowest BCUT2D eigenvalue weighted by Gasteiger charge is -2.10. The highest BCUT2D eigenvalue weighted by Gasteiger charge is 2.23. The van der Waals surface area contributed by atoms with E-state index in [1.54, 1.807) is 0 Å². The van der Waals surface area contributed by atoms with Crippen LogP contribution in [0.25, 0.3) is 11.0 Å². The van der Waals surface area contributed by atoms with E-state index in [0.29, 0.717) is 19.0 Å². The van der Waals surface area contributed by atoms with Crippen molar-refractivity contribution < 1.29 is 4.79 Å². The maximum atomic E-state index is 11.9. The number of nitrogens with zero attached hydrogens (tertiary/aromatic N) is 2. The zero-order valence-corrected chi connectivity index (χ0v) is 14.7. The van der Waals surface area contributed by atoms with Crippen LogP contribution in [0.4, 0.5) is 0 Å². The summed E-state index contributed by atoms with van der Waals surface area (Å²) in [6.45, 7) is 2.52. The Hall–Kier alpha value is -0.820. The van der Waals surface area contributed by atoms with Gasteiger partial charge in [0.05, 0.1) is 16.4 Å². The molecule has 6 heteroatoms. The number of alkyl halides is 1. The van der Waals surface area contributed by atoms with Gasteiger partial charge in [-0.2, -0.15) is 0 Å². The van der Waals surface area contributed by atoms with E-state index in [2.05, 4.69) is 37.5 Å². The average Bonchev–Trinajstić information content (AvgIpc) is 3.15. The van der Waals surface area contributed by atoms with Crippen LogP contribution < -0.4 is 5.32 Å². The molecule has 1 aliphatic carbocycles. The number of aromatic nitrogens is 2. The molecule has 1 unspecified atom stereocenters. The predicted octanol–water partition coefficient (Wildman–Crippen LogP) is 3.61. The quantitative estimate of drug-likeness (QED) is 0.597. The molecule has 2 aromatic rings. The Labute approximate surface area is 142 Å². The molecule has 4 nitrogen and oxygen atoms in total. The van der Waals surface area contributed by atoms with Gasteiger partial charge in [-0.15, -0.1) is 11.6 Å². The van der Waals surface area contributed by atoms with Crippen LogP contribution in [-0.2, 0) is 11.3 Å². The molecule has 0 bridgehead atoms. The molecular weight excluding hydrogens is 401 g/mol. The summed E-state index contributed by atoms with van der Waals surface area (Å²) in [6, 6.07) is 6.55. The van der Waals surface area contributed by atoms with Crippen LogP contribution in [0.5, 0.6) is 0 Å². The lowest BCUT2D eigenvalue weighted by molar-refractivity contribution is -0.121. The molecule has 1 heterocycles. The van der Waals surface area contributed by atoms with E-state index in [4.69, 9.17) is 11.6 Å². The normalized spacial score (nSPS) is 16.1. The fourth-order valence-electron chi connectivity index (χ4n) is 2.40. The first-order chi connectivity index (χ1) is 10.0. The fraction of sp³-hybridized carbons (Fsp3) is 0.467.